The molecular formula is C13H12ClN3O4Se. The molecule has 9 heteroatoms. The summed E-state index contributed by atoms with van der Waals surface area (Å²) in [5, 5.41) is 4.66. The maximum atomic E-state index is 8.49. The van der Waals surface area contributed by atoms with E-state index < -0.39 is 10.2 Å². The van der Waals surface area contributed by atoms with Gasteiger partial charge in [-0.15, -0.1) is 10.2 Å². The van der Waals surface area contributed by atoms with Crippen molar-refractivity contribution in [2.45, 2.75) is 13.8 Å². The summed E-state index contributed by atoms with van der Waals surface area (Å²) in [5.74, 6) is 0. The van der Waals surface area contributed by atoms with E-state index in [1.807, 2.05) is 29.6 Å². The van der Waals surface area contributed by atoms with E-state index in [0.29, 0.717) is 0 Å². The maximum Gasteiger partial charge on any atom is -0.112 e. The molecule has 0 atom stereocenters. The number of fused-ring (bicyclic) bond motifs is 1. The number of hydrogen-bond acceptors (Lipinski definition) is 6. The molecule has 0 unspecified atom stereocenters. The van der Waals surface area contributed by atoms with Crippen molar-refractivity contribution in [3.63, 3.8) is 0 Å². The first kappa shape index (κ1) is 17.0. The van der Waals surface area contributed by atoms with Crippen molar-refractivity contribution in [2.24, 2.45) is 0 Å². The van der Waals surface area contributed by atoms with E-state index in [1.165, 1.54) is 5.56 Å². The molecule has 0 aliphatic carbocycles. The Labute approximate surface area is 134 Å². The molecule has 1 aromatic carbocycles. The van der Waals surface area contributed by atoms with Crippen LogP contribution in [0.15, 0.2) is 36.4 Å². The summed E-state index contributed by atoms with van der Waals surface area (Å²) in [6, 6.07) is 12.4. The Bertz CT molecular complexity index is 768. The second kappa shape index (κ2) is 6.80. The zero-order chi connectivity index (χ0) is 16.3. The summed E-state index contributed by atoms with van der Waals surface area (Å²) < 4.78 is 38.2. The first-order valence-electron chi connectivity index (χ1n) is 6.08. The van der Waals surface area contributed by atoms with Gasteiger partial charge < -0.3 is 0 Å². The molecule has 22 heavy (non-hydrogen) atoms. The molecule has 2 heterocycles. The Hall–Kier alpha value is -1.38. The van der Waals surface area contributed by atoms with Crippen LogP contribution < -0.4 is 23.2 Å². The van der Waals surface area contributed by atoms with Crippen molar-refractivity contribution < 1.29 is 33.4 Å². The van der Waals surface area contributed by atoms with Gasteiger partial charge in [-0.25, -0.2) is 18.6 Å². The van der Waals surface area contributed by atoms with Gasteiger partial charge in [0.2, 0.25) is 0 Å². The molecule has 0 spiro atoms. The SMILES string of the molecule is Cc1cc(C)[n+]2nc(-c3ccccc3)[se]c2n1.[O-][Cl+3]([O-])([O-])[O-]. The van der Waals surface area contributed by atoms with Gasteiger partial charge in [0.15, 0.2) is 0 Å². The van der Waals surface area contributed by atoms with Gasteiger partial charge >= 0.3 is 105 Å². The van der Waals surface area contributed by atoms with Gasteiger partial charge in [-0.05, 0) is 0 Å². The molecule has 0 amide bonds. The van der Waals surface area contributed by atoms with Crippen LogP contribution in [0.5, 0.6) is 0 Å². The van der Waals surface area contributed by atoms with E-state index in [9.17, 15) is 0 Å². The number of aromatic nitrogens is 3. The average Bonchev–Trinajstić information content (AvgIpc) is 2.82. The Kier molecular flexibility index (Phi) is 5.25. The van der Waals surface area contributed by atoms with E-state index in [4.69, 9.17) is 18.6 Å². The summed E-state index contributed by atoms with van der Waals surface area (Å²) in [6.07, 6.45) is 0. The Balaban J connectivity index is 0.000000309. The zero-order valence-electron chi connectivity index (χ0n) is 11.7. The van der Waals surface area contributed by atoms with Crippen LogP contribution in [-0.2, 0) is 0 Å². The predicted molar refractivity (Wildman–Crippen MR) is 67.0 cm³/mol. The molecule has 0 radical (unpaired) electrons. The van der Waals surface area contributed by atoms with Crippen molar-refractivity contribution in [1.82, 2.24) is 10.1 Å². The van der Waals surface area contributed by atoms with Crippen LogP contribution >= 0.6 is 0 Å². The monoisotopic (exact) mass is 389 g/mol. The fraction of sp³-hybridized carbons (Fsp3) is 0.154. The molecule has 0 saturated carbocycles. The van der Waals surface area contributed by atoms with Crippen LogP contribution in [0.2, 0.25) is 0 Å². The Morgan fingerprint density at radius 2 is 1.64 bits per heavy atom. The van der Waals surface area contributed by atoms with E-state index in [-0.39, 0.29) is 14.5 Å². The van der Waals surface area contributed by atoms with Crippen LogP contribution in [0.1, 0.15) is 11.4 Å². The zero-order valence-corrected chi connectivity index (χ0v) is 14.2. The largest absolute Gasteiger partial charge is 0.222 e. The third-order valence-corrected chi connectivity index (χ3v) is 4.61. The summed E-state index contributed by atoms with van der Waals surface area (Å²) in [5.41, 5.74) is 3.43. The number of aryl methyl sites for hydroxylation is 2. The van der Waals surface area contributed by atoms with Gasteiger partial charge in [-0.3, -0.25) is 0 Å². The first-order chi connectivity index (χ1) is 10.2. The summed E-state index contributed by atoms with van der Waals surface area (Å²) in [4.78, 5) is 4.57. The van der Waals surface area contributed by atoms with Crippen LogP contribution in [0.25, 0.3) is 14.7 Å². The van der Waals surface area contributed by atoms with Crippen LogP contribution in [0, 0.1) is 24.1 Å². The van der Waals surface area contributed by atoms with Crippen LogP contribution in [0.3, 0.4) is 0 Å². The number of nitrogens with zero attached hydrogens (tertiary/aromatic N) is 3. The molecule has 0 bridgehead atoms. The average molecular weight is 389 g/mol. The third-order valence-electron chi connectivity index (χ3n) is 2.60. The standard InChI is InChI=1S/C13H12N3Se.ClHO4/c1-9-8-10(2)16-13(14-9)17-12(15-16)11-6-4-3-5-7-11;2-1(3,4)5/h3-8H,1-2H3;(H,2,3,4,5)/q+1;/p-1. The summed E-state index contributed by atoms with van der Waals surface area (Å²) in [7, 11) is -4.94. The smallest absolute Gasteiger partial charge is 0.112 e. The fourth-order valence-electron chi connectivity index (χ4n) is 1.83. The van der Waals surface area contributed by atoms with Crippen LogP contribution in [0.4, 0.5) is 0 Å². The number of halogens is 1. The van der Waals surface area contributed by atoms with Gasteiger partial charge in [-0.1, -0.05) is 0 Å². The summed E-state index contributed by atoms with van der Waals surface area (Å²) >= 11 is 0.206. The molecule has 2 aromatic heterocycles. The quantitative estimate of drug-likeness (QED) is 0.320. The van der Waals surface area contributed by atoms with Gasteiger partial charge in [0.05, 0.1) is 0 Å². The fourth-order valence-corrected chi connectivity index (χ4v) is 3.95. The van der Waals surface area contributed by atoms with Crippen molar-refractivity contribution in [1.29, 1.82) is 0 Å². The molecule has 0 aliphatic heterocycles. The molecule has 3 aromatic rings. The molecule has 0 fully saturated rings. The predicted octanol–water partition coefficient (Wildman–Crippen LogP) is -3.20. The minimum atomic E-state index is -4.94. The molecule has 116 valence electrons. The van der Waals surface area contributed by atoms with Crippen molar-refractivity contribution >= 4 is 19.0 Å². The molecular weight excluding hydrogens is 377 g/mol. The molecule has 7 nitrogen and oxygen atoms in total. The topological polar surface area (TPSA) is 122 Å². The molecule has 0 saturated heterocycles. The molecule has 3 rings (SSSR count). The van der Waals surface area contributed by atoms with Gasteiger partial charge in [0.25, 0.3) is 0 Å². The second-order valence-corrected chi connectivity index (χ2v) is 7.15. The Morgan fingerprint density at radius 1 is 1.05 bits per heavy atom. The molecule has 0 aliphatic rings. The van der Waals surface area contributed by atoms with Gasteiger partial charge in [-0.2, -0.15) is 0 Å². The minimum Gasteiger partial charge on any atom is -0.222 e. The number of rotatable bonds is 1. The molecule has 0 N–H and O–H groups in total. The number of benzene rings is 1. The van der Waals surface area contributed by atoms with Gasteiger partial charge in [0, 0.05) is 0 Å². The van der Waals surface area contributed by atoms with Crippen molar-refractivity contribution in [2.75, 3.05) is 0 Å². The Morgan fingerprint density at radius 3 is 2.23 bits per heavy atom. The van der Waals surface area contributed by atoms with Gasteiger partial charge in [0.1, 0.15) is 0 Å². The number of hydrogen-bond donors (Lipinski definition) is 0. The summed E-state index contributed by atoms with van der Waals surface area (Å²) in [6.45, 7) is 4.11. The first-order valence-corrected chi connectivity index (χ1v) is 9.03. The third kappa shape index (κ3) is 4.82. The van der Waals surface area contributed by atoms with E-state index in [1.54, 1.807) is 0 Å². The van der Waals surface area contributed by atoms with E-state index in [0.717, 1.165) is 20.5 Å². The normalized spacial score (nSPS) is 11.2. The van der Waals surface area contributed by atoms with E-state index >= 15 is 0 Å². The van der Waals surface area contributed by atoms with Crippen molar-refractivity contribution in [3.8, 4) is 10.1 Å². The minimum absolute atomic E-state index is 0.206. The maximum absolute atomic E-state index is 8.49. The second-order valence-electron chi connectivity index (χ2n) is 4.38. The van der Waals surface area contributed by atoms with Crippen LogP contribution in [-0.4, -0.2) is 24.6 Å². The van der Waals surface area contributed by atoms with E-state index in [2.05, 4.69) is 35.2 Å². The van der Waals surface area contributed by atoms with Crippen molar-refractivity contribution in [3.05, 3.63) is 47.8 Å².